The van der Waals surface area contributed by atoms with Crippen LogP contribution in [-0.4, -0.2) is 0 Å². The van der Waals surface area contributed by atoms with E-state index in [-0.39, 0.29) is 0 Å². The minimum Gasteiger partial charge on any atom is -0.0846 e. The molecule has 0 aromatic rings. The highest BCUT2D eigenvalue weighted by Crippen LogP contribution is 2.53. The van der Waals surface area contributed by atoms with Crippen LogP contribution in [0.4, 0.5) is 0 Å². The molecule has 1 saturated carbocycles. The van der Waals surface area contributed by atoms with Crippen LogP contribution in [0.1, 0.15) is 40.5 Å². The third kappa shape index (κ3) is 1.45. The Labute approximate surface area is 88.1 Å². The van der Waals surface area contributed by atoms with Crippen molar-refractivity contribution in [2.75, 3.05) is 0 Å². The molecule has 3 atom stereocenters. The summed E-state index contributed by atoms with van der Waals surface area (Å²) >= 11 is 0. The van der Waals surface area contributed by atoms with E-state index in [4.69, 9.17) is 0 Å². The van der Waals surface area contributed by atoms with Crippen molar-refractivity contribution in [1.82, 2.24) is 0 Å². The zero-order chi connectivity index (χ0) is 10.3. The van der Waals surface area contributed by atoms with Crippen LogP contribution < -0.4 is 0 Å². The molecule has 0 heterocycles. The lowest BCUT2D eigenvalue weighted by atomic mass is 9.54. The van der Waals surface area contributed by atoms with Gasteiger partial charge in [0, 0.05) is 0 Å². The van der Waals surface area contributed by atoms with E-state index in [0.717, 1.165) is 17.8 Å². The van der Waals surface area contributed by atoms with Crippen LogP contribution in [0, 0.1) is 23.2 Å². The minimum atomic E-state index is 0.481. The van der Waals surface area contributed by atoms with Crippen molar-refractivity contribution in [1.29, 1.82) is 0 Å². The number of fused-ring (bicyclic) bond motifs is 2. The Morgan fingerprint density at radius 1 is 1.21 bits per heavy atom. The van der Waals surface area contributed by atoms with Crippen LogP contribution in [-0.2, 0) is 0 Å². The van der Waals surface area contributed by atoms with Crippen molar-refractivity contribution in [2.45, 2.75) is 40.5 Å². The highest BCUT2D eigenvalue weighted by atomic mass is 14.5. The van der Waals surface area contributed by atoms with Crippen molar-refractivity contribution in [2.24, 2.45) is 23.2 Å². The first-order valence-electron chi connectivity index (χ1n) is 5.85. The van der Waals surface area contributed by atoms with Crippen LogP contribution >= 0.6 is 0 Å². The Morgan fingerprint density at radius 3 is 2.36 bits per heavy atom. The molecule has 0 N–H and O–H groups in total. The van der Waals surface area contributed by atoms with Gasteiger partial charge in [-0.2, -0.15) is 0 Å². The van der Waals surface area contributed by atoms with Crippen molar-refractivity contribution >= 4 is 0 Å². The fourth-order valence-corrected chi connectivity index (χ4v) is 3.26. The van der Waals surface area contributed by atoms with Crippen LogP contribution in [0.5, 0.6) is 0 Å². The maximum Gasteiger partial charge on any atom is -0.0111 e. The monoisotopic (exact) mass is 190 g/mol. The van der Waals surface area contributed by atoms with E-state index in [9.17, 15) is 0 Å². The molecule has 0 aliphatic heterocycles. The maximum atomic E-state index is 2.50. The van der Waals surface area contributed by atoms with Gasteiger partial charge in [-0.05, 0) is 49.9 Å². The summed E-state index contributed by atoms with van der Waals surface area (Å²) in [4.78, 5) is 0. The van der Waals surface area contributed by atoms with Gasteiger partial charge in [-0.15, -0.1) is 0 Å². The van der Waals surface area contributed by atoms with Crippen LogP contribution in [0.15, 0.2) is 23.8 Å². The third-order valence-corrected chi connectivity index (χ3v) is 4.19. The SMILES string of the molecule is CC(C)=C[C@@H]1[C@@H]2C=C[C@@H](CC2)C1(C)C. The van der Waals surface area contributed by atoms with Gasteiger partial charge in [0.05, 0.1) is 0 Å². The molecule has 0 saturated heterocycles. The normalized spacial score (nSPS) is 38.4. The van der Waals surface area contributed by atoms with Gasteiger partial charge in [0.2, 0.25) is 0 Å². The maximum absolute atomic E-state index is 2.50. The lowest BCUT2D eigenvalue weighted by Crippen LogP contribution is -2.42. The minimum absolute atomic E-state index is 0.481. The Morgan fingerprint density at radius 2 is 1.93 bits per heavy atom. The van der Waals surface area contributed by atoms with Crippen molar-refractivity contribution in [3.05, 3.63) is 23.8 Å². The van der Waals surface area contributed by atoms with Crippen molar-refractivity contribution in [3.8, 4) is 0 Å². The fraction of sp³-hybridized carbons (Fsp3) is 0.714. The predicted molar refractivity (Wildman–Crippen MR) is 62.1 cm³/mol. The molecule has 0 amide bonds. The summed E-state index contributed by atoms with van der Waals surface area (Å²) in [6.07, 6.45) is 10.2. The van der Waals surface area contributed by atoms with E-state index in [0.29, 0.717) is 5.41 Å². The second-order valence-electron chi connectivity index (χ2n) is 5.82. The molecule has 0 aromatic heterocycles. The zero-order valence-electron chi connectivity index (χ0n) is 9.88. The predicted octanol–water partition coefficient (Wildman–Crippen LogP) is 4.19. The van der Waals surface area contributed by atoms with Gasteiger partial charge in [-0.3, -0.25) is 0 Å². The topological polar surface area (TPSA) is 0 Å². The molecule has 0 unspecified atom stereocenters. The molecular weight excluding hydrogens is 168 g/mol. The molecule has 0 heteroatoms. The first kappa shape index (κ1) is 10.0. The summed E-state index contributed by atoms with van der Waals surface area (Å²) in [7, 11) is 0. The van der Waals surface area contributed by atoms with E-state index in [2.05, 4.69) is 45.9 Å². The Balaban J connectivity index is 2.32. The highest BCUT2D eigenvalue weighted by Gasteiger charge is 2.44. The fourth-order valence-electron chi connectivity index (χ4n) is 3.26. The summed E-state index contributed by atoms with van der Waals surface area (Å²) < 4.78 is 0. The second-order valence-corrected chi connectivity index (χ2v) is 5.82. The number of hydrogen-bond donors (Lipinski definition) is 0. The molecule has 0 radical (unpaired) electrons. The first-order valence-corrected chi connectivity index (χ1v) is 5.85. The number of rotatable bonds is 1. The molecule has 1 fully saturated rings. The molecule has 0 aromatic carbocycles. The smallest absolute Gasteiger partial charge is 0.0111 e. The zero-order valence-corrected chi connectivity index (χ0v) is 9.88. The lowest BCUT2D eigenvalue weighted by Gasteiger charge is -2.50. The quantitative estimate of drug-likeness (QED) is 0.544. The molecule has 3 rings (SSSR count). The van der Waals surface area contributed by atoms with Gasteiger partial charge >= 0.3 is 0 Å². The molecule has 0 nitrogen and oxygen atoms in total. The summed E-state index contributed by atoms with van der Waals surface area (Å²) in [6.45, 7) is 9.33. The van der Waals surface area contributed by atoms with E-state index in [1.54, 1.807) is 0 Å². The van der Waals surface area contributed by atoms with Gasteiger partial charge in [0.25, 0.3) is 0 Å². The molecule has 3 aliphatic carbocycles. The largest absolute Gasteiger partial charge is 0.0846 e. The molecule has 0 spiro atoms. The van der Waals surface area contributed by atoms with E-state index >= 15 is 0 Å². The van der Waals surface area contributed by atoms with Crippen LogP contribution in [0.2, 0.25) is 0 Å². The average Bonchev–Trinajstić information content (AvgIpc) is 2.12. The van der Waals surface area contributed by atoms with Crippen LogP contribution in [0.25, 0.3) is 0 Å². The summed E-state index contributed by atoms with van der Waals surface area (Å²) in [5.74, 6) is 2.40. The van der Waals surface area contributed by atoms with Gasteiger partial charge in [-0.1, -0.05) is 37.6 Å². The number of allylic oxidation sites excluding steroid dienone is 4. The molecular formula is C14H22. The van der Waals surface area contributed by atoms with Gasteiger partial charge in [-0.25, -0.2) is 0 Å². The lowest BCUT2D eigenvalue weighted by molar-refractivity contribution is 0.0712. The van der Waals surface area contributed by atoms with E-state index < -0.39 is 0 Å². The highest BCUT2D eigenvalue weighted by molar-refractivity contribution is 5.18. The summed E-state index contributed by atoms with van der Waals surface area (Å²) in [5.41, 5.74) is 1.96. The molecule has 2 bridgehead atoms. The first-order chi connectivity index (χ1) is 6.51. The second kappa shape index (κ2) is 3.25. The van der Waals surface area contributed by atoms with Crippen LogP contribution in [0.3, 0.4) is 0 Å². The number of hydrogen-bond acceptors (Lipinski definition) is 0. The summed E-state index contributed by atoms with van der Waals surface area (Å²) in [5, 5.41) is 0. The molecule has 14 heavy (non-hydrogen) atoms. The third-order valence-electron chi connectivity index (χ3n) is 4.19. The van der Waals surface area contributed by atoms with Gasteiger partial charge in [0.15, 0.2) is 0 Å². The van der Waals surface area contributed by atoms with Gasteiger partial charge < -0.3 is 0 Å². The Kier molecular flexibility index (Phi) is 2.33. The van der Waals surface area contributed by atoms with E-state index in [1.165, 1.54) is 18.4 Å². The molecule has 78 valence electrons. The average molecular weight is 190 g/mol. The Bertz CT molecular complexity index is 276. The van der Waals surface area contributed by atoms with Gasteiger partial charge in [0.1, 0.15) is 0 Å². The van der Waals surface area contributed by atoms with E-state index in [1.807, 2.05) is 0 Å². The Hall–Kier alpha value is -0.520. The molecule has 3 aliphatic rings. The standard InChI is InChI=1S/C14H22/c1-10(2)9-13-11-5-7-12(8-6-11)14(13,3)4/h5,7,9,11-13H,6,8H2,1-4H3/t11-,12+,13-/m1/s1. The van der Waals surface area contributed by atoms with Crippen molar-refractivity contribution in [3.63, 3.8) is 0 Å². The van der Waals surface area contributed by atoms with Crippen molar-refractivity contribution < 1.29 is 0 Å². The summed E-state index contributed by atoms with van der Waals surface area (Å²) in [6, 6.07) is 0.